The standard InChI is InChI=1S/C24H17ClN2O4S/c25-19-10-14-21(15-11-19)32(29,30)27-26-16-17-8-12-20(13-9-17)31-24(28)23-7-3-5-18-4-1-2-6-22(18)23/h1-16,27H. The van der Waals surface area contributed by atoms with E-state index in [1.165, 1.54) is 30.5 Å². The zero-order valence-electron chi connectivity index (χ0n) is 16.6. The number of fused-ring (bicyclic) bond motifs is 1. The van der Waals surface area contributed by atoms with E-state index in [0.717, 1.165) is 10.8 Å². The summed E-state index contributed by atoms with van der Waals surface area (Å²) in [7, 11) is -3.80. The predicted octanol–water partition coefficient (Wildman–Crippen LogP) is 5.02. The van der Waals surface area contributed by atoms with Crippen LogP contribution in [0.25, 0.3) is 10.8 Å². The van der Waals surface area contributed by atoms with Crippen LogP contribution in [0.3, 0.4) is 0 Å². The highest BCUT2D eigenvalue weighted by atomic mass is 35.5. The molecule has 0 amide bonds. The van der Waals surface area contributed by atoms with Gasteiger partial charge >= 0.3 is 5.97 Å². The van der Waals surface area contributed by atoms with E-state index in [2.05, 4.69) is 9.93 Å². The highest BCUT2D eigenvalue weighted by Crippen LogP contribution is 2.21. The number of halogens is 1. The molecule has 4 rings (SSSR count). The van der Waals surface area contributed by atoms with Crippen molar-refractivity contribution in [1.82, 2.24) is 4.83 Å². The Morgan fingerprint density at radius 1 is 0.875 bits per heavy atom. The largest absolute Gasteiger partial charge is 0.423 e. The van der Waals surface area contributed by atoms with Gasteiger partial charge in [-0.05, 0) is 70.9 Å². The summed E-state index contributed by atoms with van der Waals surface area (Å²) in [5.74, 6) is -0.0965. The molecular weight excluding hydrogens is 448 g/mol. The molecule has 1 N–H and O–H groups in total. The van der Waals surface area contributed by atoms with E-state index in [0.29, 0.717) is 21.9 Å². The summed E-state index contributed by atoms with van der Waals surface area (Å²) in [6.07, 6.45) is 1.35. The molecule has 0 aliphatic carbocycles. The number of benzene rings is 4. The molecule has 0 saturated carbocycles. The molecule has 0 aromatic heterocycles. The van der Waals surface area contributed by atoms with E-state index in [-0.39, 0.29) is 4.90 Å². The molecule has 4 aromatic rings. The lowest BCUT2D eigenvalue weighted by atomic mass is 10.0. The Morgan fingerprint density at radius 3 is 2.31 bits per heavy atom. The van der Waals surface area contributed by atoms with E-state index in [4.69, 9.17) is 16.3 Å². The van der Waals surface area contributed by atoms with Crippen LogP contribution in [-0.4, -0.2) is 20.6 Å². The lowest BCUT2D eigenvalue weighted by Gasteiger charge is -2.07. The van der Waals surface area contributed by atoms with Gasteiger partial charge in [-0.1, -0.05) is 48.0 Å². The summed E-state index contributed by atoms with van der Waals surface area (Å²) < 4.78 is 29.9. The molecule has 0 radical (unpaired) electrons. The summed E-state index contributed by atoms with van der Waals surface area (Å²) >= 11 is 5.77. The van der Waals surface area contributed by atoms with Crippen molar-refractivity contribution < 1.29 is 17.9 Å². The van der Waals surface area contributed by atoms with Gasteiger partial charge in [-0.3, -0.25) is 0 Å². The number of rotatable bonds is 6. The fourth-order valence-electron chi connectivity index (χ4n) is 3.02. The fourth-order valence-corrected chi connectivity index (χ4v) is 3.94. The van der Waals surface area contributed by atoms with Gasteiger partial charge < -0.3 is 4.74 Å². The van der Waals surface area contributed by atoms with Crippen molar-refractivity contribution in [2.24, 2.45) is 5.10 Å². The van der Waals surface area contributed by atoms with Crippen molar-refractivity contribution in [3.63, 3.8) is 0 Å². The zero-order valence-corrected chi connectivity index (χ0v) is 18.2. The van der Waals surface area contributed by atoms with Gasteiger partial charge in [0.05, 0.1) is 16.7 Å². The van der Waals surface area contributed by atoms with Gasteiger partial charge in [0, 0.05) is 5.02 Å². The minimum Gasteiger partial charge on any atom is -0.423 e. The molecule has 32 heavy (non-hydrogen) atoms. The Morgan fingerprint density at radius 2 is 1.56 bits per heavy atom. The molecule has 0 aliphatic heterocycles. The number of nitrogens with zero attached hydrogens (tertiary/aromatic N) is 1. The van der Waals surface area contributed by atoms with Crippen molar-refractivity contribution in [3.8, 4) is 5.75 Å². The van der Waals surface area contributed by atoms with Gasteiger partial charge in [0.1, 0.15) is 5.75 Å². The molecule has 0 atom stereocenters. The Balaban J connectivity index is 1.42. The lowest BCUT2D eigenvalue weighted by molar-refractivity contribution is 0.0737. The molecule has 0 fully saturated rings. The van der Waals surface area contributed by atoms with Crippen LogP contribution in [0.2, 0.25) is 5.02 Å². The molecular formula is C24H17ClN2O4S. The van der Waals surface area contributed by atoms with Crippen LogP contribution >= 0.6 is 11.6 Å². The first-order valence-electron chi connectivity index (χ1n) is 9.53. The summed E-state index contributed by atoms with van der Waals surface area (Å²) in [5, 5.41) is 5.99. The minimum atomic E-state index is -3.80. The minimum absolute atomic E-state index is 0.0507. The number of esters is 1. The Kier molecular flexibility index (Phi) is 6.20. The number of hydrogen-bond donors (Lipinski definition) is 1. The number of ether oxygens (including phenoxy) is 1. The maximum absolute atomic E-state index is 12.6. The first-order valence-corrected chi connectivity index (χ1v) is 11.4. The molecule has 6 nitrogen and oxygen atoms in total. The average molecular weight is 465 g/mol. The lowest BCUT2D eigenvalue weighted by Crippen LogP contribution is -2.18. The van der Waals surface area contributed by atoms with Gasteiger partial charge in [-0.25, -0.2) is 9.63 Å². The van der Waals surface area contributed by atoms with Gasteiger partial charge in [0.15, 0.2) is 0 Å². The smallest absolute Gasteiger partial charge is 0.344 e. The van der Waals surface area contributed by atoms with E-state index in [1.54, 1.807) is 30.3 Å². The van der Waals surface area contributed by atoms with E-state index >= 15 is 0 Å². The van der Waals surface area contributed by atoms with Gasteiger partial charge in [-0.2, -0.15) is 13.5 Å². The second-order valence-corrected chi connectivity index (χ2v) is 8.89. The third-order valence-corrected chi connectivity index (χ3v) is 6.10. The molecule has 0 unspecified atom stereocenters. The van der Waals surface area contributed by atoms with Crippen LogP contribution in [0.4, 0.5) is 0 Å². The molecule has 0 spiro atoms. The van der Waals surface area contributed by atoms with Gasteiger partial charge in [-0.15, -0.1) is 0 Å². The topological polar surface area (TPSA) is 84.8 Å². The number of sulfonamides is 1. The second kappa shape index (κ2) is 9.21. The van der Waals surface area contributed by atoms with Gasteiger partial charge in [0.2, 0.25) is 0 Å². The molecule has 0 bridgehead atoms. The summed E-state index contributed by atoms with van der Waals surface area (Å²) in [5.41, 5.74) is 1.10. The molecule has 0 aliphatic rings. The third-order valence-electron chi connectivity index (χ3n) is 4.61. The second-order valence-electron chi connectivity index (χ2n) is 6.79. The maximum Gasteiger partial charge on any atom is 0.344 e. The highest BCUT2D eigenvalue weighted by Gasteiger charge is 2.13. The van der Waals surface area contributed by atoms with Crippen molar-refractivity contribution >= 4 is 44.6 Å². The monoisotopic (exact) mass is 464 g/mol. The SMILES string of the molecule is O=C(Oc1ccc(C=NNS(=O)(=O)c2ccc(Cl)cc2)cc1)c1cccc2ccccc12. The number of carbonyl (C=O) groups excluding carboxylic acids is 1. The molecule has 0 saturated heterocycles. The molecule has 8 heteroatoms. The van der Waals surface area contributed by atoms with Crippen LogP contribution in [-0.2, 0) is 10.0 Å². The highest BCUT2D eigenvalue weighted by molar-refractivity contribution is 7.89. The fraction of sp³-hybridized carbons (Fsp3) is 0. The van der Waals surface area contributed by atoms with Gasteiger partial charge in [0.25, 0.3) is 10.0 Å². The van der Waals surface area contributed by atoms with Crippen LogP contribution in [0.5, 0.6) is 5.75 Å². The van der Waals surface area contributed by atoms with Crippen LogP contribution in [0.15, 0.2) is 101 Å². The number of nitrogens with one attached hydrogen (secondary N) is 1. The first kappa shape index (κ1) is 21.5. The van der Waals surface area contributed by atoms with E-state index in [9.17, 15) is 13.2 Å². The summed E-state index contributed by atoms with van der Waals surface area (Å²) in [6, 6.07) is 25.3. The van der Waals surface area contributed by atoms with Crippen molar-refractivity contribution in [2.75, 3.05) is 0 Å². The molecule has 0 heterocycles. The van der Waals surface area contributed by atoms with E-state index < -0.39 is 16.0 Å². The summed E-state index contributed by atoms with van der Waals surface area (Å²) in [6.45, 7) is 0. The van der Waals surface area contributed by atoms with Crippen LogP contribution in [0, 0.1) is 0 Å². The van der Waals surface area contributed by atoms with Crippen LogP contribution < -0.4 is 9.57 Å². The number of hydrazone groups is 1. The molecule has 4 aromatic carbocycles. The average Bonchev–Trinajstić information content (AvgIpc) is 2.80. The number of carbonyl (C=O) groups is 1. The normalized spacial score (nSPS) is 11.5. The number of hydrogen-bond acceptors (Lipinski definition) is 5. The van der Waals surface area contributed by atoms with Crippen molar-refractivity contribution in [3.05, 3.63) is 107 Å². The quantitative estimate of drug-likeness (QED) is 0.188. The van der Waals surface area contributed by atoms with Crippen molar-refractivity contribution in [2.45, 2.75) is 4.90 Å². The predicted molar refractivity (Wildman–Crippen MR) is 125 cm³/mol. The third kappa shape index (κ3) is 4.96. The Bertz CT molecular complexity index is 1400. The first-order chi connectivity index (χ1) is 15.4. The Labute approximate surface area is 190 Å². The maximum atomic E-state index is 12.6. The van der Waals surface area contributed by atoms with Crippen LogP contribution in [0.1, 0.15) is 15.9 Å². The summed E-state index contributed by atoms with van der Waals surface area (Å²) in [4.78, 5) is 14.8. The van der Waals surface area contributed by atoms with Crippen molar-refractivity contribution in [1.29, 1.82) is 0 Å². The zero-order chi connectivity index (χ0) is 22.6. The molecule has 160 valence electrons. The van der Waals surface area contributed by atoms with E-state index in [1.807, 2.05) is 36.4 Å². The Hall–Kier alpha value is -3.68.